The lowest BCUT2D eigenvalue weighted by molar-refractivity contribution is 0.159. The molecular weight excluding hydrogens is 282 g/mol. The summed E-state index contributed by atoms with van der Waals surface area (Å²) in [6, 6.07) is 7.45. The largest absolute Gasteiger partial charge is 0.449 e. The summed E-state index contributed by atoms with van der Waals surface area (Å²) in [4.78, 5) is 11.4. The number of benzene rings is 1. The van der Waals surface area contributed by atoms with Crippen LogP contribution < -0.4 is 5.32 Å². The van der Waals surface area contributed by atoms with Gasteiger partial charge in [0.1, 0.15) is 0 Å². The molecule has 0 aliphatic carbocycles. The monoisotopic (exact) mass is 299 g/mol. The molecule has 0 heterocycles. The van der Waals surface area contributed by atoms with Crippen LogP contribution in [0, 0.1) is 0 Å². The van der Waals surface area contributed by atoms with Crippen LogP contribution in [0.4, 0.5) is 10.5 Å². The average Bonchev–Trinajstić information content (AvgIpc) is 2.32. The summed E-state index contributed by atoms with van der Waals surface area (Å²) >= 11 is 3.36. The minimum absolute atomic E-state index is 0.395. The van der Waals surface area contributed by atoms with Crippen molar-refractivity contribution in [2.24, 2.45) is 0 Å². The molecule has 0 unspecified atom stereocenters. The summed E-state index contributed by atoms with van der Waals surface area (Å²) in [5.74, 6) is 0. The molecule has 0 fully saturated rings. The molecule has 0 atom stereocenters. The molecule has 0 radical (unpaired) electrons. The predicted octanol–water partition coefficient (Wildman–Crippen LogP) is 4.58. The third-order valence-corrected chi connectivity index (χ3v) is 3.03. The van der Waals surface area contributed by atoms with Crippen LogP contribution >= 0.6 is 15.9 Å². The summed E-state index contributed by atoms with van der Waals surface area (Å²) < 4.78 is 5.93. The predicted molar refractivity (Wildman–Crippen MR) is 73.3 cm³/mol. The molecule has 0 saturated carbocycles. The molecule has 1 N–H and O–H groups in total. The molecule has 0 aliphatic rings. The minimum atomic E-state index is -0.395. The van der Waals surface area contributed by atoms with Crippen LogP contribution in [0.15, 0.2) is 28.7 Å². The van der Waals surface area contributed by atoms with Gasteiger partial charge < -0.3 is 4.74 Å². The molecule has 1 amide bonds. The highest BCUT2D eigenvalue weighted by Crippen LogP contribution is 2.21. The molecular formula is C13H18BrNO2. The van der Waals surface area contributed by atoms with Crippen molar-refractivity contribution in [2.45, 2.75) is 32.6 Å². The average molecular weight is 300 g/mol. The van der Waals surface area contributed by atoms with Crippen molar-refractivity contribution in [2.75, 3.05) is 11.9 Å². The molecule has 4 heteroatoms. The van der Waals surface area contributed by atoms with Gasteiger partial charge in [-0.2, -0.15) is 0 Å². The summed E-state index contributed by atoms with van der Waals surface area (Å²) in [6.45, 7) is 2.64. The lowest BCUT2D eigenvalue weighted by Gasteiger charge is -2.08. The van der Waals surface area contributed by atoms with Crippen molar-refractivity contribution in [3.8, 4) is 0 Å². The molecule has 1 aromatic carbocycles. The Hall–Kier alpha value is -1.03. The second-order valence-electron chi connectivity index (χ2n) is 3.80. The van der Waals surface area contributed by atoms with E-state index in [0.29, 0.717) is 6.61 Å². The Morgan fingerprint density at radius 1 is 1.29 bits per heavy atom. The molecule has 0 aromatic heterocycles. The van der Waals surface area contributed by atoms with E-state index in [4.69, 9.17) is 4.74 Å². The molecule has 0 aliphatic heterocycles. The SMILES string of the molecule is CCCCCCOC(=O)Nc1ccccc1Br. The number of carbonyl (C=O) groups excluding carboxylic acids is 1. The zero-order valence-electron chi connectivity index (χ0n) is 10.0. The van der Waals surface area contributed by atoms with E-state index in [1.807, 2.05) is 24.3 Å². The van der Waals surface area contributed by atoms with Crippen molar-refractivity contribution >= 4 is 27.7 Å². The van der Waals surface area contributed by atoms with E-state index in [-0.39, 0.29) is 0 Å². The number of nitrogens with one attached hydrogen (secondary N) is 1. The van der Waals surface area contributed by atoms with E-state index in [1.54, 1.807) is 0 Å². The fourth-order valence-corrected chi connectivity index (χ4v) is 1.79. The van der Waals surface area contributed by atoms with Gasteiger partial charge in [-0.05, 0) is 34.5 Å². The van der Waals surface area contributed by atoms with Crippen molar-refractivity contribution in [1.82, 2.24) is 0 Å². The van der Waals surface area contributed by atoms with Crippen molar-refractivity contribution in [1.29, 1.82) is 0 Å². The highest BCUT2D eigenvalue weighted by molar-refractivity contribution is 9.10. The summed E-state index contributed by atoms with van der Waals surface area (Å²) in [5.41, 5.74) is 0.728. The fourth-order valence-electron chi connectivity index (χ4n) is 1.40. The van der Waals surface area contributed by atoms with E-state index in [0.717, 1.165) is 23.0 Å². The van der Waals surface area contributed by atoms with Gasteiger partial charge in [0.15, 0.2) is 0 Å². The Morgan fingerprint density at radius 3 is 2.76 bits per heavy atom. The lowest BCUT2D eigenvalue weighted by Crippen LogP contribution is -2.14. The van der Waals surface area contributed by atoms with Crippen LogP contribution in [0.1, 0.15) is 32.6 Å². The molecule has 1 rings (SSSR count). The van der Waals surface area contributed by atoms with E-state index < -0.39 is 6.09 Å². The zero-order chi connectivity index (χ0) is 12.5. The van der Waals surface area contributed by atoms with Gasteiger partial charge in [0.2, 0.25) is 0 Å². The second-order valence-corrected chi connectivity index (χ2v) is 4.66. The molecule has 3 nitrogen and oxygen atoms in total. The van der Waals surface area contributed by atoms with Crippen LogP contribution in [0.5, 0.6) is 0 Å². The molecule has 17 heavy (non-hydrogen) atoms. The second kappa shape index (κ2) is 8.12. The van der Waals surface area contributed by atoms with Gasteiger partial charge in [-0.1, -0.05) is 38.3 Å². The number of hydrogen-bond acceptors (Lipinski definition) is 2. The van der Waals surface area contributed by atoms with Gasteiger partial charge in [0.25, 0.3) is 0 Å². The first-order valence-corrected chi connectivity index (χ1v) is 6.71. The maximum Gasteiger partial charge on any atom is 0.411 e. The van der Waals surface area contributed by atoms with Crippen LogP contribution in [-0.2, 0) is 4.74 Å². The highest BCUT2D eigenvalue weighted by atomic mass is 79.9. The normalized spacial score (nSPS) is 10.0. The standard InChI is InChI=1S/C13H18BrNO2/c1-2-3-4-7-10-17-13(16)15-12-9-6-5-8-11(12)14/h5-6,8-9H,2-4,7,10H2,1H3,(H,15,16). The van der Waals surface area contributed by atoms with Crippen molar-refractivity contribution in [3.63, 3.8) is 0 Å². The number of para-hydroxylation sites is 1. The summed E-state index contributed by atoms with van der Waals surface area (Å²) in [7, 11) is 0. The zero-order valence-corrected chi connectivity index (χ0v) is 11.6. The number of anilines is 1. The number of rotatable bonds is 6. The molecule has 1 aromatic rings. The summed E-state index contributed by atoms with van der Waals surface area (Å²) in [5, 5.41) is 2.69. The Kier molecular flexibility index (Phi) is 6.70. The van der Waals surface area contributed by atoms with Gasteiger partial charge in [0.05, 0.1) is 12.3 Å². The van der Waals surface area contributed by atoms with E-state index in [9.17, 15) is 4.79 Å². The van der Waals surface area contributed by atoms with E-state index >= 15 is 0 Å². The number of ether oxygens (including phenoxy) is 1. The first-order valence-electron chi connectivity index (χ1n) is 5.92. The third kappa shape index (κ3) is 5.73. The van der Waals surface area contributed by atoms with E-state index in [1.165, 1.54) is 12.8 Å². The third-order valence-electron chi connectivity index (χ3n) is 2.34. The van der Waals surface area contributed by atoms with Crippen LogP contribution in [0.25, 0.3) is 0 Å². The van der Waals surface area contributed by atoms with Gasteiger partial charge in [-0.25, -0.2) is 4.79 Å². The molecule has 0 bridgehead atoms. The van der Waals surface area contributed by atoms with Crippen molar-refractivity contribution < 1.29 is 9.53 Å². The van der Waals surface area contributed by atoms with Gasteiger partial charge in [-0.15, -0.1) is 0 Å². The van der Waals surface area contributed by atoms with Gasteiger partial charge in [0, 0.05) is 4.47 Å². The fraction of sp³-hybridized carbons (Fsp3) is 0.462. The summed E-state index contributed by atoms with van der Waals surface area (Å²) in [6.07, 6.45) is 4.02. The number of carbonyl (C=O) groups is 1. The van der Waals surface area contributed by atoms with Gasteiger partial charge in [-0.3, -0.25) is 5.32 Å². The minimum Gasteiger partial charge on any atom is -0.449 e. The molecule has 0 saturated heterocycles. The van der Waals surface area contributed by atoms with Gasteiger partial charge >= 0.3 is 6.09 Å². The van der Waals surface area contributed by atoms with E-state index in [2.05, 4.69) is 28.2 Å². The quantitative estimate of drug-likeness (QED) is 0.781. The Balaban J connectivity index is 2.23. The maximum atomic E-state index is 11.4. The number of hydrogen-bond donors (Lipinski definition) is 1. The number of unbranched alkanes of at least 4 members (excludes halogenated alkanes) is 3. The highest BCUT2D eigenvalue weighted by Gasteiger charge is 2.04. The first kappa shape index (κ1) is 14.0. The Bertz CT molecular complexity index is 355. The smallest absolute Gasteiger partial charge is 0.411 e. The lowest BCUT2D eigenvalue weighted by atomic mass is 10.2. The van der Waals surface area contributed by atoms with Crippen LogP contribution in [0.2, 0.25) is 0 Å². The Labute approximate surface area is 111 Å². The number of halogens is 1. The molecule has 0 spiro atoms. The topological polar surface area (TPSA) is 38.3 Å². The molecule has 94 valence electrons. The first-order chi connectivity index (χ1) is 8.24. The van der Waals surface area contributed by atoms with Crippen LogP contribution in [-0.4, -0.2) is 12.7 Å². The van der Waals surface area contributed by atoms with Crippen molar-refractivity contribution in [3.05, 3.63) is 28.7 Å². The Morgan fingerprint density at radius 2 is 2.06 bits per heavy atom. The maximum absolute atomic E-state index is 11.4. The van der Waals surface area contributed by atoms with Crippen LogP contribution in [0.3, 0.4) is 0 Å². The number of amides is 1.